The zero-order chi connectivity index (χ0) is 16.4. The number of carbonyl (C=O) groups excluding carboxylic acids is 1. The van der Waals surface area contributed by atoms with Crippen molar-refractivity contribution in [1.29, 1.82) is 0 Å². The number of nitrogens with one attached hydrogen (secondary N) is 1. The smallest absolute Gasteiger partial charge is 0.273 e. The number of aromatic nitrogens is 3. The first kappa shape index (κ1) is 14.4. The third-order valence-corrected chi connectivity index (χ3v) is 3.98. The third-order valence-electron chi connectivity index (χ3n) is 3.98. The lowest BCUT2D eigenvalue weighted by Crippen LogP contribution is -2.32. The Balaban J connectivity index is 1.53. The van der Waals surface area contributed by atoms with Gasteiger partial charge in [-0.15, -0.1) is 5.10 Å². The number of nitrogens with zero attached hydrogens (tertiary/aromatic N) is 3. The average Bonchev–Trinajstić information content (AvgIpc) is 3.13. The summed E-state index contributed by atoms with van der Waals surface area (Å²) in [7, 11) is 0. The van der Waals surface area contributed by atoms with Gasteiger partial charge in [-0.2, -0.15) is 9.90 Å². The van der Waals surface area contributed by atoms with E-state index < -0.39 is 0 Å². The van der Waals surface area contributed by atoms with E-state index in [-0.39, 0.29) is 11.9 Å². The van der Waals surface area contributed by atoms with E-state index in [1.165, 1.54) is 11.0 Å². The first-order chi connectivity index (χ1) is 11.8. The molecule has 3 aromatic rings. The Hall–Kier alpha value is -3.15. The molecule has 1 aliphatic heterocycles. The van der Waals surface area contributed by atoms with Crippen LogP contribution >= 0.6 is 0 Å². The van der Waals surface area contributed by atoms with Crippen LogP contribution in [0.3, 0.4) is 0 Å². The second kappa shape index (κ2) is 6.16. The normalized spacial score (nSPS) is 16.1. The van der Waals surface area contributed by atoms with E-state index in [2.05, 4.69) is 15.5 Å². The van der Waals surface area contributed by atoms with E-state index in [9.17, 15) is 4.79 Å². The standard InChI is InChI=1S/C18H16N4O2/c23-18(16-12-19-22(21-16)13-6-2-1-3-7-13)20-15-10-11-24-17-9-5-4-8-14(15)17/h1-9,12,15H,10-11H2,(H,20,23)/t15-/m1/s1. The summed E-state index contributed by atoms with van der Waals surface area (Å²) in [5, 5.41) is 11.5. The van der Waals surface area contributed by atoms with Gasteiger partial charge in [-0.05, 0) is 18.2 Å². The van der Waals surface area contributed by atoms with E-state index >= 15 is 0 Å². The Morgan fingerprint density at radius 2 is 1.92 bits per heavy atom. The molecule has 24 heavy (non-hydrogen) atoms. The molecule has 0 aliphatic carbocycles. The highest BCUT2D eigenvalue weighted by Gasteiger charge is 2.24. The molecule has 1 aromatic heterocycles. The number of carbonyl (C=O) groups is 1. The average molecular weight is 320 g/mol. The summed E-state index contributed by atoms with van der Waals surface area (Å²) in [5.74, 6) is 0.584. The van der Waals surface area contributed by atoms with Crippen LogP contribution in [-0.4, -0.2) is 27.5 Å². The van der Waals surface area contributed by atoms with Crippen molar-refractivity contribution < 1.29 is 9.53 Å². The molecule has 0 saturated heterocycles. The summed E-state index contributed by atoms with van der Waals surface area (Å²) < 4.78 is 5.62. The summed E-state index contributed by atoms with van der Waals surface area (Å²) in [6, 6.07) is 17.2. The first-order valence-corrected chi connectivity index (χ1v) is 7.81. The van der Waals surface area contributed by atoms with Crippen LogP contribution in [0, 0.1) is 0 Å². The van der Waals surface area contributed by atoms with Gasteiger partial charge in [0.2, 0.25) is 0 Å². The van der Waals surface area contributed by atoms with E-state index in [4.69, 9.17) is 4.74 Å². The van der Waals surface area contributed by atoms with Crippen LogP contribution in [0.1, 0.15) is 28.5 Å². The van der Waals surface area contributed by atoms with Crippen LogP contribution in [-0.2, 0) is 0 Å². The number of benzene rings is 2. The molecular weight excluding hydrogens is 304 g/mol. The predicted molar refractivity (Wildman–Crippen MR) is 88.1 cm³/mol. The Morgan fingerprint density at radius 1 is 1.12 bits per heavy atom. The molecule has 6 nitrogen and oxygen atoms in total. The number of amides is 1. The van der Waals surface area contributed by atoms with Crippen molar-refractivity contribution >= 4 is 5.91 Å². The fraction of sp³-hybridized carbons (Fsp3) is 0.167. The maximum atomic E-state index is 12.5. The predicted octanol–water partition coefficient (Wildman–Crippen LogP) is 2.52. The lowest BCUT2D eigenvalue weighted by Gasteiger charge is -2.26. The first-order valence-electron chi connectivity index (χ1n) is 7.81. The van der Waals surface area contributed by atoms with Crippen LogP contribution in [0.25, 0.3) is 5.69 Å². The molecule has 2 aromatic carbocycles. The topological polar surface area (TPSA) is 69.0 Å². The zero-order valence-corrected chi connectivity index (χ0v) is 12.9. The molecule has 1 amide bonds. The molecule has 0 saturated carbocycles. The van der Waals surface area contributed by atoms with Crippen molar-refractivity contribution in [3.8, 4) is 11.4 Å². The van der Waals surface area contributed by atoms with Crippen LogP contribution in [0.5, 0.6) is 5.75 Å². The molecule has 120 valence electrons. The number of para-hydroxylation sites is 2. The van der Waals surface area contributed by atoms with E-state index in [0.717, 1.165) is 23.4 Å². The molecule has 0 bridgehead atoms. The van der Waals surface area contributed by atoms with Crippen molar-refractivity contribution in [3.63, 3.8) is 0 Å². The van der Waals surface area contributed by atoms with Gasteiger partial charge >= 0.3 is 0 Å². The van der Waals surface area contributed by atoms with Gasteiger partial charge in [0.05, 0.1) is 24.5 Å². The Kier molecular flexibility index (Phi) is 3.70. The summed E-state index contributed by atoms with van der Waals surface area (Å²) in [6.45, 7) is 0.582. The van der Waals surface area contributed by atoms with Gasteiger partial charge in [0.1, 0.15) is 5.75 Å². The van der Waals surface area contributed by atoms with Crippen LogP contribution in [0.2, 0.25) is 0 Å². The molecule has 1 aliphatic rings. The molecule has 6 heteroatoms. The number of ether oxygens (including phenoxy) is 1. The lowest BCUT2D eigenvalue weighted by molar-refractivity contribution is 0.0919. The number of fused-ring (bicyclic) bond motifs is 1. The SMILES string of the molecule is O=C(N[C@@H]1CCOc2ccccc21)c1cnn(-c2ccccc2)n1. The van der Waals surface area contributed by atoms with Crippen LogP contribution in [0.15, 0.2) is 60.8 Å². The largest absolute Gasteiger partial charge is 0.493 e. The Bertz CT molecular complexity index is 860. The molecule has 1 atom stereocenters. The fourth-order valence-corrected chi connectivity index (χ4v) is 2.78. The van der Waals surface area contributed by atoms with Crippen molar-refractivity contribution in [2.24, 2.45) is 0 Å². The quantitative estimate of drug-likeness (QED) is 0.805. The van der Waals surface area contributed by atoms with Gasteiger partial charge in [-0.3, -0.25) is 4.79 Å². The minimum atomic E-state index is -0.237. The van der Waals surface area contributed by atoms with Gasteiger partial charge < -0.3 is 10.1 Å². The molecular formula is C18H16N4O2. The maximum Gasteiger partial charge on any atom is 0.273 e. The Morgan fingerprint density at radius 3 is 2.79 bits per heavy atom. The zero-order valence-electron chi connectivity index (χ0n) is 12.9. The summed E-state index contributed by atoms with van der Waals surface area (Å²) in [6.07, 6.45) is 2.21. The highest BCUT2D eigenvalue weighted by atomic mass is 16.5. The molecule has 0 unspecified atom stereocenters. The monoisotopic (exact) mass is 320 g/mol. The molecule has 2 heterocycles. The lowest BCUT2D eigenvalue weighted by atomic mass is 10.0. The second-order valence-corrected chi connectivity index (χ2v) is 5.56. The van der Waals surface area contributed by atoms with Gasteiger partial charge in [0, 0.05) is 12.0 Å². The van der Waals surface area contributed by atoms with Gasteiger partial charge in [-0.1, -0.05) is 36.4 Å². The van der Waals surface area contributed by atoms with E-state index in [0.29, 0.717) is 12.3 Å². The van der Waals surface area contributed by atoms with Gasteiger partial charge in [-0.25, -0.2) is 0 Å². The minimum absolute atomic E-state index is 0.0793. The highest BCUT2D eigenvalue weighted by molar-refractivity contribution is 5.92. The van der Waals surface area contributed by atoms with E-state index in [1.807, 2.05) is 54.6 Å². The number of hydrogen-bond donors (Lipinski definition) is 1. The van der Waals surface area contributed by atoms with Crippen molar-refractivity contribution in [3.05, 3.63) is 72.1 Å². The Labute approximate surface area is 139 Å². The molecule has 0 spiro atoms. The van der Waals surface area contributed by atoms with E-state index in [1.54, 1.807) is 0 Å². The minimum Gasteiger partial charge on any atom is -0.493 e. The van der Waals surface area contributed by atoms with Crippen molar-refractivity contribution in [2.75, 3.05) is 6.61 Å². The maximum absolute atomic E-state index is 12.5. The summed E-state index contributed by atoms with van der Waals surface area (Å²) in [4.78, 5) is 14.0. The molecule has 0 fully saturated rings. The molecule has 4 rings (SSSR count). The van der Waals surface area contributed by atoms with Crippen LogP contribution in [0.4, 0.5) is 0 Å². The van der Waals surface area contributed by atoms with Crippen molar-refractivity contribution in [2.45, 2.75) is 12.5 Å². The summed E-state index contributed by atoms with van der Waals surface area (Å²) in [5.41, 5.74) is 2.10. The molecule has 0 radical (unpaired) electrons. The number of hydrogen-bond acceptors (Lipinski definition) is 4. The molecule has 1 N–H and O–H groups in total. The fourth-order valence-electron chi connectivity index (χ4n) is 2.78. The second-order valence-electron chi connectivity index (χ2n) is 5.56. The third kappa shape index (κ3) is 2.74. The number of rotatable bonds is 3. The summed E-state index contributed by atoms with van der Waals surface area (Å²) >= 11 is 0. The van der Waals surface area contributed by atoms with Gasteiger partial charge in [0.25, 0.3) is 5.91 Å². The van der Waals surface area contributed by atoms with Crippen LogP contribution < -0.4 is 10.1 Å². The van der Waals surface area contributed by atoms with Crippen molar-refractivity contribution in [1.82, 2.24) is 20.3 Å². The van der Waals surface area contributed by atoms with Gasteiger partial charge in [0.15, 0.2) is 5.69 Å². The highest BCUT2D eigenvalue weighted by Crippen LogP contribution is 2.31.